The summed E-state index contributed by atoms with van der Waals surface area (Å²) >= 11 is 0. The van der Waals surface area contributed by atoms with Crippen molar-refractivity contribution in [2.24, 2.45) is 0 Å². The molecule has 0 saturated heterocycles. The number of unbranched alkanes of at least 4 members (excludes halogenated alkanes) is 9. The molecule has 0 atom stereocenters. The van der Waals surface area contributed by atoms with E-state index < -0.39 is 10.4 Å². The maximum absolute atomic E-state index is 10.1. The quantitative estimate of drug-likeness (QED) is 0.165. The fourth-order valence-electron chi connectivity index (χ4n) is 1.75. The van der Waals surface area contributed by atoms with Crippen LogP contribution >= 0.6 is 0 Å². The summed E-state index contributed by atoms with van der Waals surface area (Å²) in [6, 6.07) is 0. The van der Waals surface area contributed by atoms with Gasteiger partial charge in [-0.15, -0.1) is 0 Å². The van der Waals surface area contributed by atoms with E-state index in [-0.39, 0.29) is 93.0 Å². The van der Waals surface area contributed by atoms with Crippen LogP contribution in [0.25, 0.3) is 0 Å². The zero-order valence-electron chi connectivity index (χ0n) is 13.3. The van der Waals surface area contributed by atoms with E-state index in [9.17, 15) is 13.0 Å². The molecule has 0 aliphatic rings. The first-order valence-corrected chi connectivity index (χ1v) is 8.00. The minimum Gasteiger partial charge on any atom is -0.870 e. The van der Waals surface area contributed by atoms with Gasteiger partial charge in [0.05, 0.1) is 6.61 Å². The Labute approximate surface area is 189 Å². The Morgan fingerprint density at radius 3 is 1.55 bits per heavy atom. The number of hydrogen-bond acceptors (Lipinski definition) is 5. The van der Waals surface area contributed by atoms with Crippen molar-refractivity contribution in [3.8, 4) is 0 Å². The minimum atomic E-state index is -4.48. The molecule has 0 aromatic carbocycles. The molecule has 0 amide bonds. The average molecular weight is 344 g/mol. The van der Waals surface area contributed by atoms with Gasteiger partial charge in [0.15, 0.2) is 0 Å². The molecule has 0 heterocycles. The third-order valence-corrected chi connectivity index (χ3v) is 3.18. The van der Waals surface area contributed by atoms with Crippen LogP contribution in [-0.2, 0) is 14.6 Å². The van der Waals surface area contributed by atoms with Crippen molar-refractivity contribution in [1.29, 1.82) is 0 Å². The molecule has 5 nitrogen and oxygen atoms in total. The molecule has 0 bridgehead atoms. The summed E-state index contributed by atoms with van der Waals surface area (Å²) < 4.78 is 34.5. The zero-order chi connectivity index (χ0) is 13.0. The molecule has 0 aromatic heterocycles. The van der Waals surface area contributed by atoms with Crippen LogP contribution in [0.2, 0.25) is 0 Å². The molecule has 20 heavy (non-hydrogen) atoms. The standard InChI is InChI=1S/C12H26O4S.K.Na.H2O/c1-2-3-4-5-6-7-8-9-10-11-12-16-17(13,14)15;;;/h2-12H2,1H3,(H,13,14,15);;;1H2/q;2*+1;/p-2. The van der Waals surface area contributed by atoms with Crippen molar-refractivity contribution < 1.29 is 104 Å². The van der Waals surface area contributed by atoms with E-state index in [4.69, 9.17) is 0 Å². The molecule has 0 aromatic rings. The van der Waals surface area contributed by atoms with Crippen LogP contribution in [0.3, 0.4) is 0 Å². The van der Waals surface area contributed by atoms with E-state index >= 15 is 0 Å². The summed E-state index contributed by atoms with van der Waals surface area (Å²) in [5.41, 5.74) is 0. The second-order valence-electron chi connectivity index (χ2n) is 4.41. The summed E-state index contributed by atoms with van der Waals surface area (Å²) in [6.45, 7) is 2.24. The Morgan fingerprint density at radius 1 is 0.850 bits per heavy atom. The van der Waals surface area contributed by atoms with E-state index in [1.807, 2.05) is 0 Å². The second-order valence-corrected chi connectivity index (χ2v) is 5.46. The SMILES string of the molecule is CCCCCCCCCCCCOS(=O)(=O)[O-].[K+].[Na+].[OH-]. The van der Waals surface area contributed by atoms with Crippen molar-refractivity contribution in [3.05, 3.63) is 0 Å². The fourth-order valence-corrected chi connectivity index (χ4v) is 2.07. The van der Waals surface area contributed by atoms with Crippen molar-refractivity contribution in [2.45, 2.75) is 71.1 Å². The first-order valence-electron chi connectivity index (χ1n) is 6.66. The molecule has 0 saturated carbocycles. The van der Waals surface area contributed by atoms with Gasteiger partial charge in [-0.1, -0.05) is 64.7 Å². The van der Waals surface area contributed by atoms with Crippen molar-refractivity contribution >= 4 is 10.4 Å². The maximum atomic E-state index is 10.1. The van der Waals surface area contributed by atoms with Crippen LogP contribution in [0.4, 0.5) is 0 Å². The molecule has 0 radical (unpaired) electrons. The summed E-state index contributed by atoms with van der Waals surface area (Å²) in [6.07, 6.45) is 11.7. The van der Waals surface area contributed by atoms with Crippen LogP contribution in [0, 0.1) is 0 Å². The molecule has 0 aliphatic carbocycles. The molecule has 1 N–H and O–H groups in total. The number of rotatable bonds is 12. The van der Waals surface area contributed by atoms with Gasteiger partial charge in [0.25, 0.3) is 0 Å². The summed E-state index contributed by atoms with van der Waals surface area (Å²) in [7, 11) is -4.48. The normalized spacial score (nSPS) is 10.1. The Balaban J connectivity index is -0.000000427. The maximum Gasteiger partial charge on any atom is 1.00 e. The van der Waals surface area contributed by atoms with E-state index in [0.29, 0.717) is 6.42 Å². The van der Waals surface area contributed by atoms with Gasteiger partial charge in [0.1, 0.15) is 0 Å². The summed E-state index contributed by atoms with van der Waals surface area (Å²) in [5, 5.41) is 0. The van der Waals surface area contributed by atoms with Gasteiger partial charge < -0.3 is 10.0 Å². The molecular weight excluding hydrogens is 318 g/mol. The monoisotopic (exact) mass is 344 g/mol. The van der Waals surface area contributed by atoms with Gasteiger partial charge in [-0.05, 0) is 6.42 Å². The Hall–Kier alpha value is 2.47. The van der Waals surface area contributed by atoms with E-state index in [2.05, 4.69) is 11.1 Å². The zero-order valence-corrected chi connectivity index (χ0v) is 19.2. The molecule has 0 aliphatic heterocycles. The van der Waals surface area contributed by atoms with Gasteiger partial charge >= 0.3 is 80.9 Å². The van der Waals surface area contributed by atoms with Crippen LogP contribution in [0.15, 0.2) is 0 Å². The van der Waals surface area contributed by atoms with Crippen LogP contribution in [0.5, 0.6) is 0 Å². The molecule has 0 fully saturated rings. The Bertz CT molecular complexity index is 263. The summed E-state index contributed by atoms with van der Waals surface area (Å²) in [4.78, 5) is 0. The fraction of sp³-hybridized carbons (Fsp3) is 1.00. The van der Waals surface area contributed by atoms with E-state index in [1.165, 1.54) is 44.9 Å². The molecule has 8 heteroatoms. The largest absolute Gasteiger partial charge is 1.00 e. The van der Waals surface area contributed by atoms with Crippen molar-refractivity contribution in [1.82, 2.24) is 0 Å². The van der Waals surface area contributed by atoms with Gasteiger partial charge in [0, 0.05) is 0 Å². The van der Waals surface area contributed by atoms with Crippen LogP contribution in [0.1, 0.15) is 71.1 Å². The summed E-state index contributed by atoms with van der Waals surface area (Å²) in [5.74, 6) is 0. The average Bonchev–Trinajstić information content (AvgIpc) is 2.24. The second kappa shape index (κ2) is 21.5. The minimum absolute atomic E-state index is 0. The smallest absolute Gasteiger partial charge is 0.870 e. The molecular formula is C12H26KNaO5S. The van der Waals surface area contributed by atoms with E-state index in [0.717, 1.165) is 12.8 Å². The first kappa shape index (κ1) is 30.4. The van der Waals surface area contributed by atoms with Gasteiger partial charge in [0.2, 0.25) is 10.4 Å². The Morgan fingerprint density at radius 2 is 1.20 bits per heavy atom. The van der Waals surface area contributed by atoms with E-state index in [1.54, 1.807) is 0 Å². The predicted octanol–water partition coefficient (Wildman–Crippen LogP) is -2.78. The third kappa shape index (κ3) is 28.6. The topological polar surface area (TPSA) is 96.4 Å². The molecule has 0 unspecified atom stereocenters. The van der Waals surface area contributed by atoms with Crippen molar-refractivity contribution in [2.75, 3.05) is 6.61 Å². The van der Waals surface area contributed by atoms with Crippen molar-refractivity contribution in [3.63, 3.8) is 0 Å². The molecule has 112 valence electrons. The first-order chi connectivity index (χ1) is 8.06. The van der Waals surface area contributed by atoms with Crippen LogP contribution < -0.4 is 80.9 Å². The molecule has 0 rings (SSSR count). The van der Waals surface area contributed by atoms with Gasteiger partial charge in [-0.3, -0.25) is 4.18 Å². The molecule has 0 spiro atoms. The van der Waals surface area contributed by atoms with Gasteiger partial charge in [-0.2, -0.15) is 0 Å². The Kier molecular flexibility index (Phi) is 32.6. The van der Waals surface area contributed by atoms with Crippen LogP contribution in [-0.4, -0.2) is 25.1 Å². The predicted molar refractivity (Wildman–Crippen MR) is 69.4 cm³/mol. The third-order valence-electron chi connectivity index (χ3n) is 2.73. The number of hydrogen-bond donors (Lipinski definition) is 0. The van der Waals surface area contributed by atoms with Gasteiger partial charge in [-0.25, -0.2) is 8.42 Å².